The summed E-state index contributed by atoms with van der Waals surface area (Å²) < 4.78 is 10.7. The molecule has 4 nitrogen and oxygen atoms in total. The Morgan fingerprint density at radius 3 is 2.56 bits per heavy atom. The highest BCUT2D eigenvalue weighted by Gasteiger charge is 2.13. The predicted octanol–water partition coefficient (Wildman–Crippen LogP) is 1.82. The number of ether oxygens (including phenoxy) is 2. The Balaban J connectivity index is 2.62. The third kappa shape index (κ3) is 3.98. The molecule has 0 radical (unpaired) electrons. The van der Waals surface area contributed by atoms with Crippen LogP contribution in [0, 0.1) is 0 Å². The molecule has 1 aromatic carbocycles. The van der Waals surface area contributed by atoms with Crippen LogP contribution in [0.2, 0.25) is 0 Å². The molecule has 0 bridgehead atoms. The van der Waals surface area contributed by atoms with Gasteiger partial charge >= 0.3 is 0 Å². The molecule has 16 heavy (non-hydrogen) atoms. The first-order valence-electron chi connectivity index (χ1n) is 5.21. The van der Waals surface area contributed by atoms with Gasteiger partial charge in [0, 0.05) is 18.2 Å². The number of benzene rings is 1. The van der Waals surface area contributed by atoms with E-state index in [1.807, 2.05) is 0 Å². The molecule has 0 aliphatic rings. The third-order valence-corrected chi connectivity index (χ3v) is 2.16. The smallest absolute Gasteiger partial charge is 0.163 e. The summed E-state index contributed by atoms with van der Waals surface area (Å²) in [5.41, 5.74) is 5.55. The molecule has 0 spiro atoms. The number of nitrogen functional groups attached to an aromatic ring is 1. The summed E-state index contributed by atoms with van der Waals surface area (Å²) in [6.45, 7) is 3.91. The molecule has 3 N–H and O–H groups in total. The van der Waals surface area contributed by atoms with Gasteiger partial charge in [-0.3, -0.25) is 0 Å². The predicted molar refractivity (Wildman–Crippen MR) is 63.8 cm³/mol. The van der Waals surface area contributed by atoms with Crippen LogP contribution in [0.4, 0.5) is 5.69 Å². The number of methoxy groups -OCH3 is 1. The lowest BCUT2D eigenvalue weighted by atomic mass is 10.1. The highest BCUT2D eigenvalue weighted by Crippen LogP contribution is 2.29. The van der Waals surface area contributed by atoms with E-state index < -0.39 is 5.60 Å². The molecule has 90 valence electrons. The molecule has 0 aliphatic carbocycles. The van der Waals surface area contributed by atoms with Gasteiger partial charge in [-0.2, -0.15) is 0 Å². The highest BCUT2D eigenvalue weighted by atomic mass is 16.5. The van der Waals surface area contributed by atoms with Crippen LogP contribution >= 0.6 is 0 Å². The second kappa shape index (κ2) is 5.07. The van der Waals surface area contributed by atoms with Crippen molar-refractivity contribution < 1.29 is 14.6 Å². The van der Waals surface area contributed by atoms with Gasteiger partial charge < -0.3 is 20.3 Å². The standard InChI is InChI=1S/C12H19NO3/c1-12(2,14)6-7-16-11-8-9(13)4-5-10(11)15-3/h4-5,8,14H,6-7,13H2,1-3H3. The molecule has 0 saturated carbocycles. The molecule has 1 rings (SSSR count). The van der Waals surface area contributed by atoms with Crippen molar-refractivity contribution in [2.24, 2.45) is 0 Å². The SMILES string of the molecule is COc1ccc(N)cc1OCCC(C)(C)O. The second-order valence-corrected chi connectivity index (χ2v) is 4.32. The van der Waals surface area contributed by atoms with Crippen molar-refractivity contribution in [3.05, 3.63) is 18.2 Å². The number of hydrogen-bond acceptors (Lipinski definition) is 4. The maximum absolute atomic E-state index is 9.54. The zero-order valence-corrected chi connectivity index (χ0v) is 9.99. The fraction of sp³-hybridized carbons (Fsp3) is 0.500. The summed E-state index contributed by atoms with van der Waals surface area (Å²) in [4.78, 5) is 0. The Morgan fingerprint density at radius 2 is 2.00 bits per heavy atom. The molecule has 4 heteroatoms. The number of anilines is 1. The van der Waals surface area contributed by atoms with E-state index in [4.69, 9.17) is 15.2 Å². The second-order valence-electron chi connectivity index (χ2n) is 4.32. The molecule has 0 unspecified atom stereocenters. The average molecular weight is 225 g/mol. The summed E-state index contributed by atoms with van der Waals surface area (Å²) in [6.07, 6.45) is 0.547. The van der Waals surface area contributed by atoms with Crippen LogP contribution in [0.3, 0.4) is 0 Å². The fourth-order valence-corrected chi connectivity index (χ4v) is 1.22. The van der Waals surface area contributed by atoms with Crippen LogP contribution in [-0.4, -0.2) is 24.4 Å². The summed E-state index contributed by atoms with van der Waals surface area (Å²) in [5, 5.41) is 9.54. The Bertz CT molecular complexity index is 345. The number of nitrogens with two attached hydrogens (primary N) is 1. The van der Waals surface area contributed by atoms with Crippen molar-refractivity contribution in [1.29, 1.82) is 0 Å². The molecule has 0 heterocycles. The van der Waals surface area contributed by atoms with Gasteiger partial charge in [-0.25, -0.2) is 0 Å². The van der Waals surface area contributed by atoms with Crippen molar-refractivity contribution in [2.45, 2.75) is 25.9 Å². The van der Waals surface area contributed by atoms with Gasteiger partial charge in [0.05, 0.1) is 19.3 Å². The van der Waals surface area contributed by atoms with Gasteiger partial charge in [-0.1, -0.05) is 0 Å². The van der Waals surface area contributed by atoms with Crippen molar-refractivity contribution in [3.63, 3.8) is 0 Å². The lowest BCUT2D eigenvalue weighted by Crippen LogP contribution is -2.21. The minimum atomic E-state index is -0.729. The zero-order valence-electron chi connectivity index (χ0n) is 9.99. The molecular weight excluding hydrogens is 206 g/mol. The van der Waals surface area contributed by atoms with Crippen LogP contribution in [-0.2, 0) is 0 Å². The molecular formula is C12H19NO3. The molecule has 0 aliphatic heterocycles. The van der Waals surface area contributed by atoms with E-state index in [1.54, 1.807) is 39.2 Å². The quantitative estimate of drug-likeness (QED) is 0.750. The topological polar surface area (TPSA) is 64.7 Å². The summed E-state index contributed by atoms with van der Waals surface area (Å²) in [7, 11) is 1.58. The van der Waals surface area contributed by atoms with Crippen LogP contribution in [0.25, 0.3) is 0 Å². The molecule has 0 saturated heterocycles. The van der Waals surface area contributed by atoms with E-state index in [0.717, 1.165) is 0 Å². The minimum Gasteiger partial charge on any atom is -0.493 e. The van der Waals surface area contributed by atoms with Gasteiger partial charge in [0.1, 0.15) is 0 Å². The Labute approximate surface area is 96.0 Å². The molecule has 0 fully saturated rings. The molecule has 0 amide bonds. The van der Waals surface area contributed by atoms with Crippen molar-refractivity contribution in [2.75, 3.05) is 19.5 Å². The lowest BCUT2D eigenvalue weighted by molar-refractivity contribution is 0.0549. The van der Waals surface area contributed by atoms with E-state index >= 15 is 0 Å². The van der Waals surface area contributed by atoms with E-state index in [2.05, 4.69) is 0 Å². The van der Waals surface area contributed by atoms with Crippen molar-refractivity contribution >= 4 is 5.69 Å². The first-order valence-corrected chi connectivity index (χ1v) is 5.21. The van der Waals surface area contributed by atoms with Crippen molar-refractivity contribution in [1.82, 2.24) is 0 Å². The fourth-order valence-electron chi connectivity index (χ4n) is 1.22. The van der Waals surface area contributed by atoms with Crippen molar-refractivity contribution in [3.8, 4) is 11.5 Å². The summed E-state index contributed by atoms with van der Waals surface area (Å²) >= 11 is 0. The lowest BCUT2D eigenvalue weighted by Gasteiger charge is -2.18. The first kappa shape index (κ1) is 12.6. The zero-order chi connectivity index (χ0) is 12.2. The number of aliphatic hydroxyl groups is 1. The van der Waals surface area contributed by atoms with Crippen LogP contribution < -0.4 is 15.2 Å². The molecule has 0 aromatic heterocycles. The van der Waals surface area contributed by atoms with E-state index in [0.29, 0.717) is 30.2 Å². The Hall–Kier alpha value is -1.42. The number of hydrogen-bond donors (Lipinski definition) is 2. The van der Waals surface area contributed by atoms with Gasteiger partial charge in [0.15, 0.2) is 11.5 Å². The maximum atomic E-state index is 9.54. The van der Waals surface area contributed by atoms with E-state index in [1.165, 1.54) is 0 Å². The maximum Gasteiger partial charge on any atom is 0.163 e. The van der Waals surface area contributed by atoms with Crippen LogP contribution in [0.15, 0.2) is 18.2 Å². The summed E-state index contributed by atoms with van der Waals surface area (Å²) in [5.74, 6) is 1.25. The minimum absolute atomic E-state index is 0.420. The van der Waals surface area contributed by atoms with E-state index in [9.17, 15) is 5.11 Å². The van der Waals surface area contributed by atoms with Gasteiger partial charge in [0.25, 0.3) is 0 Å². The first-order chi connectivity index (χ1) is 7.42. The monoisotopic (exact) mass is 225 g/mol. The average Bonchev–Trinajstić information content (AvgIpc) is 2.16. The summed E-state index contributed by atoms with van der Waals surface area (Å²) in [6, 6.07) is 5.22. The normalized spacial score (nSPS) is 11.2. The van der Waals surface area contributed by atoms with Crippen LogP contribution in [0.1, 0.15) is 20.3 Å². The Morgan fingerprint density at radius 1 is 1.31 bits per heavy atom. The third-order valence-electron chi connectivity index (χ3n) is 2.16. The van der Waals surface area contributed by atoms with E-state index in [-0.39, 0.29) is 0 Å². The Kier molecular flexibility index (Phi) is 4.01. The van der Waals surface area contributed by atoms with Gasteiger partial charge in [0.2, 0.25) is 0 Å². The van der Waals surface area contributed by atoms with Crippen LogP contribution in [0.5, 0.6) is 11.5 Å². The molecule has 1 aromatic rings. The van der Waals surface area contributed by atoms with Gasteiger partial charge in [-0.05, 0) is 26.0 Å². The highest BCUT2D eigenvalue weighted by molar-refractivity contribution is 5.51. The molecule has 0 atom stereocenters. The number of rotatable bonds is 5. The largest absolute Gasteiger partial charge is 0.493 e. The van der Waals surface area contributed by atoms with Gasteiger partial charge in [-0.15, -0.1) is 0 Å².